The van der Waals surface area contributed by atoms with Gasteiger partial charge in [0.05, 0.1) is 0 Å². The molecule has 5 heteroatoms. The smallest absolute Gasteiger partial charge is 0.223 e. The highest BCUT2D eigenvalue weighted by atomic mass is 35.5. The molecule has 0 aromatic heterocycles. The molecule has 84 valence electrons. The number of nitrogens with one attached hydrogen (secondary N) is 1. The van der Waals surface area contributed by atoms with Crippen LogP contribution in [0.3, 0.4) is 0 Å². The van der Waals surface area contributed by atoms with E-state index < -0.39 is 0 Å². The van der Waals surface area contributed by atoms with Crippen molar-refractivity contribution in [2.75, 3.05) is 18.1 Å². The first-order valence-corrected chi connectivity index (χ1v) is 5.97. The highest BCUT2D eigenvalue weighted by Gasteiger charge is 2.21. The Kier molecular flexibility index (Phi) is 7.41. The molecule has 0 unspecified atom stereocenters. The first-order valence-electron chi connectivity index (χ1n) is 4.82. The van der Waals surface area contributed by atoms with Gasteiger partial charge in [0, 0.05) is 18.5 Å². The molecule has 3 nitrogen and oxygen atoms in total. The van der Waals surface area contributed by atoms with Gasteiger partial charge in [-0.05, 0) is 31.3 Å². The molecule has 1 aliphatic heterocycles. The maximum atomic E-state index is 11.6. The van der Waals surface area contributed by atoms with Crippen LogP contribution in [0.5, 0.6) is 0 Å². The summed E-state index contributed by atoms with van der Waals surface area (Å²) in [7, 11) is 0. The highest BCUT2D eigenvalue weighted by Crippen LogP contribution is 2.22. The van der Waals surface area contributed by atoms with Gasteiger partial charge in [-0.3, -0.25) is 4.79 Å². The summed E-state index contributed by atoms with van der Waals surface area (Å²) < 4.78 is 0. The van der Waals surface area contributed by atoms with E-state index >= 15 is 0 Å². The monoisotopic (exact) mass is 238 g/mol. The SMILES string of the molecule is C[C@H](CN)NC(=O)C1CCSCC1.Cl. The van der Waals surface area contributed by atoms with Gasteiger partial charge in [-0.15, -0.1) is 12.4 Å². The lowest BCUT2D eigenvalue weighted by molar-refractivity contribution is -0.125. The Balaban J connectivity index is 0.00000169. The predicted octanol–water partition coefficient (Wildman–Crippen LogP) is 1.01. The lowest BCUT2D eigenvalue weighted by Gasteiger charge is -2.22. The lowest BCUT2D eigenvalue weighted by Crippen LogP contribution is -2.42. The van der Waals surface area contributed by atoms with E-state index in [2.05, 4.69) is 5.32 Å². The summed E-state index contributed by atoms with van der Waals surface area (Å²) in [6.07, 6.45) is 2.04. The molecular formula is C9H19ClN2OS. The van der Waals surface area contributed by atoms with Crippen molar-refractivity contribution in [2.45, 2.75) is 25.8 Å². The number of nitrogens with two attached hydrogens (primary N) is 1. The summed E-state index contributed by atoms with van der Waals surface area (Å²) >= 11 is 1.94. The highest BCUT2D eigenvalue weighted by molar-refractivity contribution is 7.99. The Morgan fingerprint density at radius 3 is 2.64 bits per heavy atom. The van der Waals surface area contributed by atoms with E-state index in [1.807, 2.05) is 18.7 Å². The molecule has 1 saturated heterocycles. The maximum Gasteiger partial charge on any atom is 0.223 e. The van der Waals surface area contributed by atoms with E-state index in [1.54, 1.807) is 0 Å². The first-order chi connectivity index (χ1) is 6.24. The molecule has 1 fully saturated rings. The van der Waals surface area contributed by atoms with Crippen molar-refractivity contribution >= 4 is 30.1 Å². The third-order valence-corrected chi connectivity index (χ3v) is 3.38. The van der Waals surface area contributed by atoms with E-state index in [0.29, 0.717) is 6.54 Å². The second-order valence-corrected chi connectivity index (χ2v) is 4.76. The van der Waals surface area contributed by atoms with Crippen LogP contribution in [0.1, 0.15) is 19.8 Å². The van der Waals surface area contributed by atoms with Crippen LogP contribution in [0.2, 0.25) is 0 Å². The summed E-state index contributed by atoms with van der Waals surface area (Å²) in [5, 5.41) is 2.93. The van der Waals surface area contributed by atoms with Crippen molar-refractivity contribution in [2.24, 2.45) is 11.7 Å². The molecule has 14 heavy (non-hydrogen) atoms. The maximum absolute atomic E-state index is 11.6. The molecule has 0 radical (unpaired) electrons. The Morgan fingerprint density at radius 2 is 2.14 bits per heavy atom. The van der Waals surface area contributed by atoms with Crippen molar-refractivity contribution in [1.82, 2.24) is 5.32 Å². The lowest BCUT2D eigenvalue weighted by atomic mass is 10.0. The molecule has 1 amide bonds. The average Bonchev–Trinajstić information content (AvgIpc) is 2.19. The number of rotatable bonds is 3. The van der Waals surface area contributed by atoms with E-state index in [0.717, 1.165) is 24.3 Å². The number of thioether (sulfide) groups is 1. The van der Waals surface area contributed by atoms with Crippen LogP contribution in [0.4, 0.5) is 0 Å². The number of carbonyl (C=O) groups is 1. The van der Waals surface area contributed by atoms with E-state index in [4.69, 9.17) is 5.73 Å². The molecule has 0 aromatic rings. The minimum absolute atomic E-state index is 0. The third kappa shape index (κ3) is 4.53. The fraction of sp³-hybridized carbons (Fsp3) is 0.889. The van der Waals surface area contributed by atoms with Crippen LogP contribution in [0.25, 0.3) is 0 Å². The minimum Gasteiger partial charge on any atom is -0.352 e. The molecule has 1 aliphatic rings. The van der Waals surface area contributed by atoms with Gasteiger partial charge in [0.25, 0.3) is 0 Å². The summed E-state index contributed by atoms with van der Waals surface area (Å²) in [6.45, 7) is 2.46. The first kappa shape index (κ1) is 14.1. The zero-order valence-electron chi connectivity index (χ0n) is 8.49. The zero-order valence-corrected chi connectivity index (χ0v) is 10.1. The summed E-state index contributed by atoms with van der Waals surface area (Å²) in [4.78, 5) is 11.6. The summed E-state index contributed by atoms with van der Waals surface area (Å²) in [6, 6.07) is 0.113. The van der Waals surface area contributed by atoms with Gasteiger partial charge in [-0.1, -0.05) is 0 Å². The van der Waals surface area contributed by atoms with E-state index in [1.165, 1.54) is 0 Å². The van der Waals surface area contributed by atoms with E-state index in [-0.39, 0.29) is 30.3 Å². The van der Waals surface area contributed by atoms with Gasteiger partial charge in [0.15, 0.2) is 0 Å². The predicted molar refractivity (Wildman–Crippen MR) is 64.0 cm³/mol. The molecule has 1 heterocycles. The molecule has 0 bridgehead atoms. The average molecular weight is 239 g/mol. The Hall–Kier alpha value is 0.0700. The van der Waals surface area contributed by atoms with Gasteiger partial charge in [-0.2, -0.15) is 11.8 Å². The number of carbonyl (C=O) groups excluding carboxylic acids is 1. The minimum atomic E-state index is 0. The van der Waals surface area contributed by atoms with Crippen LogP contribution in [0.15, 0.2) is 0 Å². The van der Waals surface area contributed by atoms with Crippen molar-refractivity contribution < 1.29 is 4.79 Å². The second kappa shape index (κ2) is 7.37. The number of amides is 1. The Bertz CT molecular complexity index is 174. The number of halogens is 1. The summed E-state index contributed by atoms with van der Waals surface area (Å²) in [5.74, 6) is 2.66. The topological polar surface area (TPSA) is 55.1 Å². The summed E-state index contributed by atoms with van der Waals surface area (Å²) in [5.41, 5.74) is 5.43. The number of hydrogen-bond donors (Lipinski definition) is 2. The zero-order chi connectivity index (χ0) is 9.68. The van der Waals surface area contributed by atoms with Crippen LogP contribution in [-0.4, -0.2) is 30.0 Å². The Morgan fingerprint density at radius 1 is 1.57 bits per heavy atom. The standard InChI is InChI=1S/C9H18N2OS.ClH/c1-7(6-10)11-9(12)8-2-4-13-5-3-8;/h7-8H,2-6,10H2,1H3,(H,11,12);1H/t7-;/m1./s1. The molecule has 0 spiro atoms. The van der Waals surface area contributed by atoms with Crippen LogP contribution >= 0.6 is 24.2 Å². The normalized spacial score (nSPS) is 19.6. The van der Waals surface area contributed by atoms with Crippen molar-refractivity contribution in [3.8, 4) is 0 Å². The Labute approximate surface area is 96.0 Å². The van der Waals surface area contributed by atoms with Gasteiger partial charge in [-0.25, -0.2) is 0 Å². The second-order valence-electron chi connectivity index (χ2n) is 3.53. The molecule has 0 aliphatic carbocycles. The fourth-order valence-corrected chi connectivity index (χ4v) is 2.49. The molecule has 3 N–H and O–H groups in total. The van der Waals surface area contributed by atoms with Crippen LogP contribution in [0, 0.1) is 5.92 Å². The quantitative estimate of drug-likeness (QED) is 0.772. The van der Waals surface area contributed by atoms with Crippen LogP contribution in [-0.2, 0) is 4.79 Å². The van der Waals surface area contributed by atoms with E-state index in [9.17, 15) is 4.79 Å². The third-order valence-electron chi connectivity index (χ3n) is 2.33. The molecule has 1 rings (SSSR count). The largest absolute Gasteiger partial charge is 0.352 e. The van der Waals surface area contributed by atoms with Crippen molar-refractivity contribution in [1.29, 1.82) is 0 Å². The molecular weight excluding hydrogens is 220 g/mol. The van der Waals surface area contributed by atoms with Gasteiger partial charge in [0.1, 0.15) is 0 Å². The van der Waals surface area contributed by atoms with Gasteiger partial charge >= 0.3 is 0 Å². The van der Waals surface area contributed by atoms with Gasteiger partial charge < -0.3 is 11.1 Å². The van der Waals surface area contributed by atoms with Crippen LogP contribution < -0.4 is 11.1 Å². The fourth-order valence-electron chi connectivity index (χ4n) is 1.38. The van der Waals surface area contributed by atoms with Gasteiger partial charge in [0.2, 0.25) is 5.91 Å². The molecule has 1 atom stereocenters. The van der Waals surface area contributed by atoms with Crippen molar-refractivity contribution in [3.63, 3.8) is 0 Å². The molecule has 0 saturated carbocycles. The van der Waals surface area contributed by atoms with Crippen molar-refractivity contribution in [3.05, 3.63) is 0 Å². The number of hydrogen-bond acceptors (Lipinski definition) is 3. The molecule has 0 aromatic carbocycles.